The number of benzene rings is 2. The minimum absolute atomic E-state index is 0.00636. The molecule has 1 aromatic heterocycles. The first-order chi connectivity index (χ1) is 22.5. The van der Waals surface area contributed by atoms with E-state index in [9.17, 15) is 29.7 Å². The Labute approximate surface area is 292 Å². The fraction of sp³-hybridized carbons (Fsp3) is 0.394. The van der Waals surface area contributed by atoms with Crippen LogP contribution in [-0.4, -0.2) is 79.1 Å². The molecule has 14 heteroatoms. The number of phenols is 2. The van der Waals surface area contributed by atoms with Gasteiger partial charge in [0.15, 0.2) is 12.1 Å². The highest BCUT2D eigenvalue weighted by Crippen LogP contribution is 2.52. The zero-order chi connectivity index (χ0) is 33.5. The second-order valence-electron chi connectivity index (χ2n) is 11.7. The number of carbonyl (C=O) groups excluding carboxylic acids is 3. The maximum absolute atomic E-state index is 13.9. The third-order valence-electron chi connectivity index (χ3n) is 8.49. The number of methoxy groups -OCH3 is 1. The molecule has 0 bridgehead atoms. The van der Waals surface area contributed by atoms with Gasteiger partial charge in [0.05, 0.1) is 36.0 Å². The van der Waals surface area contributed by atoms with Crippen LogP contribution < -0.4 is 10.1 Å². The van der Waals surface area contributed by atoms with Gasteiger partial charge in [0.25, 0.3) is 5.91 Å². The molecule has 0 spiro atoms. The number of ether oxygens (including phenoxy) is 3. The first kappa shape index (κ1) is 34.0. The predicted octanol–water partition coefficient (Wildman–Crippen LogP) is 4.90. The number of ketones is 2. The van der Waals surface area contributed by atoms with Crippen LogP contribution in [0.5, 0.6) is 17.2 Å². The van der Waals surface area contributed by atoms with Gasteiger partial charge < -0.3 is 34.8 Å². The number of rotatable bonds is 9. The van der Waals surface area contributed by atoms with Crippen LogP contribution in [0.15, 0.2) is 47.6 Å². The van der Waals surface area contributed by atoms with E-state index in [1.54, 1.807) is 12.3 Å². The topological polar surface area (TPSA) is 165 Å². The molecule has 6 rings (SSSR count). The number of fused-ring (bicyclic) bond motifs is 3. The molecular formula is C33H33IN2O9S2. The van der Waals surface area contributed by atoms with Gasteiger partial charge in [-0.05, 0) is 42.3 Å². The number of amides is 1. The van der Waals surface area contributed by atoms with Crippen molar-refractivity contribution in [3.8, 4) is 17.2 Å². The minimum Gasteiger partial charge on any atom is -0.507 e. The van der Waals surface area contributed by atoms with E-state index >= 15 is 0 Å². The lowest BCUT2D eigenvalue weighted by atomic mass is 9.72. The smallest absolute Gasteiger partial charge is 0.252 e. The van der Waals surface area contributed by atoms with Gasteiger partial charge in [-0.3, -0.25) is 14.4 Å². The first-order valence-electron chi connectivity index (χ1n) is 15.1. The monoisotopic (exact) mass is 792 g/mol. The van der Waals surface area contributed by atoms with Crippen LogP contribution in [-0.2, 0) is 20.7 Å². The van der Waals surface area contributed by atoms with E-state index in [2.05, 4.69) is 32.9 Å². The fourth-order valence-electron chi connectivity index (χ4n) is 6.38. The van der Waals surface area contributed by atoms with Crippen LogP contribution in [0, 0.1) is 0 Å². The van der Waals surface area contributed by atoms with Crippen LogP contribution in [0.4, 0.5) is 0 Å². The Balaban J connectivity index is 1.34. The highest BCUT2D eigenvalue weighted by Gasteiger charge is 2.50. The number of aromatic hydroxyl groups is 2. The highest BCUT2D eigenvalue weighted by atomic mass is 127. The van der Waals surface area contributed by atoms with Crippen molar-refractivity contribution in [3.05, 3.63) is 76.0 Å². The summed E-state index contributed by atoms with van der Waals surface area (Å²) in [7, 11) is 4.32. The molecule has 11 nitrogen and oxygen atoms in total. The first-order valence-corrected chi connectivity index (χ1v) is 18.6. The molecule has 2 heterocycles. The molecule has 1 saturated heterocycles. The summed E-state index contributed by atoms with van der Waals surface area (Å²) >= 11 is 2.31. The summed E-state index contributed by atoms with van der Waals surface area (Å²) in [6, 6.07) is 10.1. The fourth-order valence-corrected chi connectivity index (χ4v) is 9.30. The molecule has 0 saturated carbocycles. The van der Waals surface area contributed by atoms with Crippen molar-refractivity contribution in [2.45, 2.75) is 65.7 Å². The normalized spacial score (nSPS) is 25.0. The third kappa shape index (κ3) is 6.59. The number of halogens is 1. The second-order valence-corrected chi connectivity index (χ2v) is 15.9. The molecular weight excluding hydrogens is 759 g/mol. The van der Waals surface area contributed by atoms with E-state index in [0.29, 0.717) is 12.2 Å². The molecule has 3 aromatic rings. The van der Waals surface area contributed by atoms with Crippen molar-refractivity contribution in [2.75, 3.05) is 19.4 Å². The lowest BCUT2D eigenvalue weighted by Gasteiger charge is -2.41. The lowest BCUT2D eigenvalue weighted by Crippen LogP contribution is -2.52. The average molecular weight is 793 g/mol. The molecule has 1 fully saturated rings. The van der Waals surface area contributed by atoms with Gasteiger partial charge in [-0.1, -0.05) is 51.6 Å². The summed E-state index contributed by atoms with van der Waals surface area (Å²) in [6.07, 6.45) is 0.239. The van der Waals surface area contributed by atoms with Crippen molar-refractivity contribution in [1.29, 1.82) is 0 Å². The van der Waals surface area contributed by atoms with Crippen LogP contribution in [0.2, 0.25) is 0 Å². The summed E-state index contributed by atoms with van der Waals surface area (Å²) in [4.78, 5) is 45.5. The van der Waals surface area contributed by atoms with Crippen molar-refractivity contribution in [2.24, 2.45) is 0 Å². The molecule has 5 atom stereocenters. The number of phenolic OH excluding ortho intramolecular Hbond substituents is 2. The predicted molar refractivity (Wildman–Crippen MR) is 184 cm³/mol. The largest absolute Gasteiger partial charge is 0.507 e. The quantitative estimate of drug-likeness (QED) is 0.0597. The van der Waals surface area contributed by atoms with Gasteiger partial charge in [-0.15, -0.1) is 0 Å². The number of hydrogen-bond donors (Lipinski definition) is 4. The van der Waals surface area contributed by atoms with E-state index in [-0.39, 0.29) is 56.6 Å². The molecule has 1 amide bonds. The molecule has 2 aromatic carbocycles. The van der Waals surface area contributed by atoms with Gasteiger partial charge in [0, 0.05) is 58.4 Å². The van der Waals surface area contributed by atoms with Crippen LogP contribution in [0.3, 0.4) is 0 Å². The van der Waals surface area contributed by atoms with E-state index in [4.69, 9.17) is 14.2 Å². The Morgan fingerprint density at radius 2 is 1.89 bits per heavy atom. The van der Waals surface area contributed by atoms with Crippen molar-refractivity contribution in [3.63, 3.8) is 0 Å². The number of pyridine rings is 1. The Morgan fingerprint density at radius 3 is 2.62 bits per heavy atom. The van der Waals surface area contributed by atoms with Crippen molar-refractivity contribution in [1.82, 2.24) is 10.3 Å². The molecule has 248 valence electrons. The average Bonchev–Trinajstić information content (AvgIpc) is 3.04. The maximum atomic E-state index is 13.9. The number of aliphatic hydroxyl groups is 1. The summed E-state index contributed by atoms with van der Waals surface area (Å²) in [5.41, 5.74) is -2.88. The van der Waals surface area contributed by atoms with E-state index in [1.165, 1.54) is 40.8 Å². The summed E-state index contributed by atoms with van der Waals surface area (Å²) in [6.45, 7) is 2.15. The number of hydrogen-bond acceptors (Lipinski definition) is 12. The van der Waals surface area contributed by atoms with E-state index < -0.39 is 59.0 Å². The van der Waals surface area contributed by atoms with Crippen LogP contribution in [0.1, 0.15) is 75.3 Å². The molecule has 0 unspecified atom stereocenters. The Hall–Kier alpha value is -2.89. The molecule has 0 radical (unpaired) electrons. The summed E-state index contributed by atoms with van der Waals surface area (Å²) in [5, 5.41) is 38.9. The molecule has 47 heavy (non-hydrogen) atoms. The molecule has 1 aliphatic heterocycles. The Morgan fingerprint density at radius 1 is 1.11 bits per heavy atom. The number of nitrogens with one attached hydrogen (secondary N) is 1. The van der Waals surface area contributed by atoms with Gasteiger partial charge in [-0.25, -0.2) is 4.98 Å². The van der Waals surface area contributed by atoms with Gasteiger partial charge in [0.1, 0.15) is 27.9 Å². The highest BCUT2D eigenvalue weighted by molar-refractivity contribution is 14.1. The minimum atomic E-state index is -2.08. The van der Waals surface area contributed by atoms with E-state index in [1.807, 2.05) is 25.1 Å². The van der Waals surface area contributed by atoms with Gasteiger partial charge in [0.2, 0.25) is 5.78 Å². The lowest BCUT2D eigenvalue weighted by molar-refractivity contribution is -0.220. The second kappa shape index (κ2) is 13.9. The zero-order valence-electron chi connectivity index (χ0n) is 25.5. The van der Waals surface area contributed by atoms with Crippen LogP contribution in [0.25, 0.3) is 0 Å². The van der Waals surface area contributed by atoms with Crippen molar-refractivity contribution < 1.29 is 43.9 Å². The molecule has 4 N–H and O–H groups in total. The third-order valence-corrected chi connectivity index (χ3v) is 11.8. The maximum Gasteiger partial charge on any atom is 0.252 e. The van der Waals surface area contributed by atoms with E-state index in [0.717, 1.165) is 11.4 Å². The van der Waals surface area contributed by atoms with Crippen molar-refractivity contribution >= 4 is 61.7 Å². The Kier molecular flexibility index (Phi) is 10.1. The summed E-state index contributed by atoms with van der Waals surface area (Å²) < 4.78 is 18.0. The number of carbonyl (C=O) groups is 3. The van der Waals surface area contributed by atoms with Gasteiger partial charge >= 0.3 is 0 Å². The molecule has 2 aliphatic carbocycles. The SMILES string of the molecule is COc1cccc2c1C(=O)c1c(O)c3c(c(O)c1C2=O)C[C@@](O)(C(=O)NCCSSc1ccccn1)C[C@@H]3O[C@H]1C[C@H](I)C[C@H](C)O1. The molecule has 3 aliphatic rings. The zero-order valence-corrected chi connectivity index (χ0v) is 29.3. The Bertz CT molecular complexity index is 1720. The standard InChI is InChI=1S/C33H33IN2O9S2/c1-16-12-17(34)13-23(44-16)45-21-15-33(42,32(41)36-10-11-46-47-22-8-3-4-9-35-22)14-19-25(21)31(40)27-26(29(19)38)28(37)18-6-5-7-20(43-2)24(18)30(27)39/h3-9,16-17,21,23,38,40,42H,10-15H2,1-2H3,(H,36,41)/t16-,17+,21-,23-,33-/m0/s1. The summed E-state index contributed by atoms with van der Waals surface area (Å²) in [5.74, 6) is -2.56. The number of nitrogens with zero attached hydrogens (tertiary/aromatic N) is 1. The number of aromatic nitrogens is 1. The van der Waals surface area contributed by atoms with Gasteiger partial charge in [-0.2, -0.15) is 0 Å². The van der Waals surface area contributed by atoms with Crippen LogP contribution >= 0.6 is 44.2 Å². The number of alkyl halides is 1.